The molecule has 0 unspecified atom stereocenters. The molecular formula is C28H36BrN5O4. The molecule has 3 aromatic rings. The summed E-state index contributed by atoms with van der Waals surface area (Å²) >= 11 is 3.46. The summed E-state index contributed by atoms with van der Waals surface area (Å²) in [5.74, 6) is 1.24. The van der Waals surface area contributed by atoms with Crippen molar-refractivity contribution in [1.82, 2.24) is 20.2 Å². The number of rotatable bonds is 11. The summed E-state index contributed by atoms with van der Waals surface area (Å²) in [5, 5.41) is 15.5. The number of methoxy groups -OCH3 is 1. The van der Waals surface area contributed by atoms with Gasteiger partial charge in [0.05, 0.1) is 26.0 Å². The molecule has 0 spiro atoms. The fourth-order valence-electron chi connectivity index (χ4n) is 3.80. The number of aliphatic hydroxyl groups excluding tert-OH is 1. The van der Waals surface area contributed by atoms with E-state index in [0.29, 0.717) is 25.5 Å². The number of halogens is 1. The van der Waals surface area contributed by atoms with Gasteiger partial charge in [0.1, 0.15) is 5.75 Å². The van der Waals surface area contributed by atoms with E-state index in [-0.39, 0.29) is 12.1 Å². The number of aliphatic hydroxyl groups is 1. The SMILES string of the molecule is COc1ccc(-c2ccnc(Nc3cc(Br)cc(CO)c3)n2)cc1CN(C)CCCOC(=O)NC(C)(C)C. The number of ether oxygens (including phenoxy) is 2. The average molecular weight is 587 g/mol. The van der Waals surface area contributed by atoms with Gasteiger partial charge in [-0.05, 0) is 82.3 Å². The number of hydrogen-bond donors (Lipinski definition) is 3. The summed E-state index contributed by atoms with van der Waals surface area (Å²) < 4.78 is 11.7. The molecule has 204 valence electrons. The third-order valence-electron chi connectivity index (χ3n) is 5.46. The first-order chi connectivity index (χ1) is 18.1. The molecule has 10 heteroatoms. The zero-order valence-electron chi connectivity index (χ0n) is 22.5. The van der Waals surface area contributed by atoms with E-state index in [9.17, 15) is 9.90 Å². The van der Waals surface area contributed by atoms with Crippen LogP contribution < -0.4 is 15.4 Å². The number of benzene rings is 2. The summed E-state index contributed by atoms with van der Waals surface area (Å²) in [5.41, 5.74) is 3.96. The lowest BCUT2D eigenvalue weighted by molar-refractivity contribution is 0.131. The number of hydrogen-bond acceptors (Lipinski definition) is 8. The number of carbonyl (C=O) groups is 1. The van der Waals surface area contributed by atoms with E-state index < -0.39 is 6.09 Å². The molecule has 0 saturated heterocycles. The van der Waals surface area contributed by atoms with Gasteiger partial charge >= 0.3 is 6.09 Å². The molecular weight excluding hydrogens is 550 g/mol. The number of nitrogens with zero attached hydrogens (tertiary/aromatic N) is 3. The number of carbonyl (C=O) groups excluding carboxylic acids is 1. The molecule has 0 atom stereocenters. The van der Waals surface area contributed by atoms with Crippen LogP contribution in [0.3, 0.4) is 0 Å². The third-order valence-corrected chi connectivity index (χ3v) is 5.92. The maximum atomic E-state index is 11.8. The minimum Gasteiger partial charge on any atom is -0.496 e. The van der Waals surface area contributed by atoms with Gasteiger partial charge in [-0.3, -0.25) is 0 Å². The number of amides is 1. The Morgan fingerprint density at radius 1 is 1.16 bits per heavy atom. The number of anilines is 2. The molecule has 3 N–H and O–H groups in total. The van der Waals surface area contributed by atoms with Gasteiger partial charge in [0.15, 0.2) is 0 Å². The van der Waals surface area contributed by atoms with Crippen molar-refractivity contribution in [2.75, 3.05) is 32.6 Å². The number of nitrogens with one attached hydrogen (secondary N) is 2. The first kappa shape index (κ1) is 29.3. The van der Waals surface area contributed by atoms with Crippen molar-refractivity contribution in [2.45, 2.75) is 45.9 Å². The Labute approximate surface area is 232 Å². The van der Waals surface area contributed by atoms with E-state index in [0.717, 1.165) is 44.8 Å². The lowest BCUT2D eigenvalue weighted by atomic mass is 10.1. The zero-order chi connectivity index (χ0) is 27.7. The van der Waals surface area contributed by atoms with Gasteiger partial charge in [0, 0.05) is 46.1 Å². The highest BCUT2D eigenvalue weighted by atomic mass is 79.9. The topological polar surface area (TPSA) is 109 Å². The molecule has 1 aromatic heterocycles. The van der Waals surface area contributed by atoms with E-state index in [4.69, 9.17) is 14.5 Å². The van der Waals surface area contributed by atoms with Crippen molar-refractivity contribution in [2.24, 2.45) is 0 Å². The molecule has 0 fully saturated rings. The van der Waals surface area contributed by atoms with Gasteiger partial charge in [-0.1, -0.05) is 15.9 Å². The van der Waals surface area contributed by atoms with E-state index in [1.165, 1.54) is 0 Å². The predicted octanol–water partition coefficient (Wildman–Crippen LogP) is 5.50. The van der Waals surface area contributed by atoms with Crippen molar-refractivity contribution in [3.05, 3.63) is 64.3 Å². The monoisotopic (exact) mass is 585 g/mol. The maximum Gasteiger partial charge on any atom is 0.407 e. The van der Waals surface area contributed by atoms with Gasteiger partial charge in [-0.15, -0.1) is 0 Å². The van der Waals surface area contributed by atoms with Crippen LogP contribution in [0.4, 0.5) is 16.4 Å². The number of alkyl carbamates (subject to hydrolysis) is 1. The second-order valence-electron chi connectivity index (χ2n) is 10.0. The van der Waals surface area contributed by atoms with Gasteiger partial charge in [-0.25, -0.2) is 14.8 Å². The van der Waals surface area contributed by atoms with Crippen LogP contribution in [0.15, 0.2) is 53.1 Å². The second-order valence-corrected chi connectivity index (χ2v) is 10.9. The van der Waals surface area contributed by atoms with Gasteiger partial charge in [-0.2, -0.15) is 0 Å². The quantitative estimate of drug-likeness (QED) is 0.253. The summed E-state index contributed by atoms with van der Waals surface area (Å²) in [6, 6.07) is 13.4. The van der Waals surface area contributed by atoms with Gasteiger partial charge in [0.2, 0.25) is 5.95 Å². The summed E-state index contributed by atoms with van der Waals surface area (Å²) in [6.45, 7) is 7.44. The highest BCUT2D eigenvalue weighted by molar-refractivity contribution is 9.10. The minimum atomic E-state index is -0.401. The Bertz CT molecular complexity index is 1230. The van der Waals surface area contributed by atoms with Gasteiger partial charge in [0.25, 0.3) is 0 Å². The highest BCUT2D eigenvalue weighted by Gasteiger charge is 2.15. The summed E-state index contributed by atoms with van der Waals surface area (Å²) in [7, 11) is 3.68. The third kappa shape index (κ3) is 9.27. The Morgan fingerprint density at radius 3 is 2.66 bits per heavy atom. The van der Waals surface area contributed by atoms with Crippen molar-refractivity contribution < 1.29 is 19.4 Å². The van der Waals surface area contributed by atoms with Crippen LogP contribution in [0.1, 0.15) is 38.3 Å². The Morgan fingerprint density at radius 2 is 1.95 bits per heavy atom. The molecule has 0 aliphatic rings. The molecule has 1 heterocycles. The van der Waals surface area contributed by atoms with Crippen LogP contribution in [-0.4, -0.2) is 58.9 Å². The summed E-state index contributed by atoms with van der Waals surface area (Å²) in [6.07, 6.45) is 2.02. The first-order valence-electron chi connectivity index (χ1n) is 12.4. The zero-order valence-corrected chi connectivity index (χ0v) is 24.1. The highest BCUT2D eigenvalue weighted by Crippen LogP contribution is 2.28. The van der Waals surface area contributed by atoms with Crippen molar-refractivity contribution in [3.8, 4) is 17.0 Å². The van der Waals surface area contributed by atoms with Crippen LogP contribution in [0.25, 0.3) is 11.3 Å². The second kappa shape index (κ2) is 13.5. The molecule has 9 nitrogen and oxygen atoms in total. The van der Waals surface area contributed by atoms with Crippen molar-refractivity contribution in [1.29, 1.82) is 0 Å². The Kier molecular flexibility index (Phi) is 10.5. The lowest BCUT2D eigenvalue weighted by Crippen LogP contribution is -2.41. The smallest absolute Gasteiger partial charge is 0.407 e. The van der Waals surface area contributed by atoms with Crippen molar-refractivity contribution >= 4 is 33.7 Å². The van der Waals surface area contributed by atoms with Crippen LogP contribution in [0.5, 0.6) is 5.75 Å². The summed E-state index contributed by atoms with van der Waals surface area (Å²) in [4.78, 5) is 23.0. The van der Waals surface area contributed by atoms with Gasteiger partial charge < -0.3 is 30.1 Å². The largest absolute Gasteiger partial charge is 0.496 e. The molecule has 1 amide bonds. The molecule has 0 aliphatic heterocycles. The molecule has 3 rings (SSSR count). The Hall–Kier alpha value is -3.21. The average Bonchev–Trinajstić information content (AvgIpc) is 2.85. The molecule has 0 radical (unpaired) electrons. The van der Waals surface area contributed by atoms with Crippen molar-refractivity contribution in [3.63, 3.8) is 0 Å². The molecule has 38 heavy (non-hydrogen) atoms. The molecule has 0 bridgehead atoms. The predicted molar refractivity (Wildman–Crippen MR) is 153 cm³/mol. The van der Waals surface area contributed by atoms with Crippen LogP contribution in [0, 0.1) is 0 Å². The van der Waals surface area contributed by atoms with E-state index in [2.05, 4.69) is 42.5 Å². The number of aromatic nitrogens is 2. The van der Waals surface area contributed by atoms with E-state index in [1.54, 1.807) is 13.3 Å². The normalized spacial score (nSPS) is 11.4. The fourth-order valence-corrected chi connectivity index (χ4v) is 4.34. The van der Waals surface area contributed by atoms with Crippen LogP contribution in [-0.2, 0) is 17.9 Å². The molecule has 0 saturated carbocycles. The van der Waals surface area contributed by atoms with Crippen LogP contribution in [0.2, 0.25) is 0 Å². The standard InChI is InChI=1S/C28H36BrN5O4/c1-28(2,3)33-27(36)38-12-6-11-34(4)17-21-15-20(7-8-25(21)37-5)24-9-10-30-26(32-24)31-23-14-19(18-35)13-22(29)16-23/h7-10,13-16,35H,6,11-12,17-18H2,1-5H3,(H,33,36)(H,30,31,32). The fraction of sp³-hybridized carbons (Fsp3) is 0.393. The van der Waals surface area contributed by atoms with E-state index in [1.807, 2.05) is 64.2 Å². The maximum absolute atomic E-state index is 11.8. The molecule has 0 aliphatic carbocycles. The minimum absolute atomic E-state index is 0.0579. The molecule has 2 aromatic carbocycles. The lowest BCUT2D eigenvalue weighted by Gasteiger charge is -2.21. The van der Waals surface area contributed by atoms with E-state index >= 15 is 0 Å². The Balaban J connectivity index is 1.65. The van der Waals surface area contributed by atoms with Crippen LogP contribution >= 0.6 is 15.9 Å². The first-order valence-corrected chi connectivity index (χ1v) is 13.2.